The highest BCUT2D eigenvalue weighted by Gasteiger charge is 2.43. The van der Waals surface area contributed by atoms with Crippen LogP contribution in [0.4, 0.5) is 0 Å². The molecular formula is C20H31N3O3S. The molecule has 6 nitrogen and oxygen atoms in total. The van der Waals surface area contributed by atoms with Crippen molar-refractivity contribution >= 4 is 15.9 Å². The van der Waals surface area contributed by atoms with Crippen molar-refractivity contribution in [3.63, 3.8) is 0 Å². The number of carbonyl (C=O) groups is 1. The van der Waals surface area contributed by atoms with Crippen molar-refractivity contribution < 1.29 is 13.2 Å². The minimum atomic E-state index is -3.50. The van der Waals surface area contributed by atoms with Crippen LogP contribution in [0.25, 0.3) is 0 Å². The SMILES string of the molecule is CC(C)CC(N)C(=O)N1CCC(N(C2CC2)S(=O)(=O)c2ccccc2)CC1. The molecule has 2 N–H and O–H groups in total. The second-order valence-electron chi connectivity index (χ2n) is 8.17. The molecule has 2 fully saturated rings. The number of sulfonamides is 1. The van der Waals surface area contributed by atoms with Crippen molar-refractivity contribution in [2.75, 3.05) is 13.1 Å². The quantitative estimate of drug-likeness (QED) is 0.770. The van der Waals surface area contributed by atoms with Crippen LogP contribution in [0.1, 0.15) is 46.0 Å². The minimum Gasteiger partial charge on any atom is -0.341 e. The number of carbonyl (C=O) groups excluding carboxylic acids is 1. The van der Waals surface area contributed by atoms with Crippen LogP contribution in [0.3, 0.4) is 0 Å². The molecule has 1 atom stereocenters. The highest BCUT2D eigenvalue weighted by molar-refractivity contribution is 7.89. The summed E-state index contributed by atoms with van der Waals surface area (Å²) in [6, 6.07) is 8.26. The lowest BCUT2D eigenvalue weighted by molar-refractivity contribution is -0.134. The molecule has 1 saturated carbocycles. The molecule has 2 aliphatic rings. The van der Waals surface area contributed by atoms with E-state index in [1.807, 2.05) is 11.0 Å². The summed E-state index contributed by atoms with van der Waals surface area (Å²) in [4.78, 5) is 14.7. The number of nitrogens with two attached hydrogens (primary N) is 1. The van der Waals surface area contributed by atoms with E-state index in [-0.39, 0.29) is 18.0 Å². The summed E-state index contributed by atoms with van der Waals surface area (Å²) < 4.78 is 28.1. The van der Waals surface area contributed by atoms with Crippen LogP contribution >= 0.6 is 0 Å². The lowest BCUT2D eigenvalue weighted by Gasteiger charge is -2.38. The molecule has 1 aromatic rings. The van der Waals surface area contributed by atoms with Gasteiger partial charge in [0, 0.05) is 25.2 Å². The Labute approximate surface area is 162 Å². The Kier molecular flexibility index (Phi) is 6.23. The van der Waals surface area contributed by atoms with Crippen LogP contribution in [0.5, 0.6) is 0 Å². The predicted octanol–water partition coefficient (Wildman–Crippen LogP) is 2.20. The van der Waals surface area contributed by atoms with Crippen molar-refractivity contribution in [3.05, 3.63) is 30.3 Å². The molecule has 1 saturated heterocycles. The molecule has 3 rings (SSSR count). The van der Waals surface area contributed by atoms with Gasteiger partial charge in [0.05, 0.1) is 10.9 Å². The van der Waals surface area contributed by atoms with Gasteiger partial charge in [-0.2, -0.15) is 4.31 Å². The molecule has 0 bridgehead atoms. The first-order valence-corrected chi connectivity index (χ1v) is 11.4. The van der Waals surface area contributed by atoms with Gasteiger partial charge in [-0.05, 0) is 50.2 Å². The Balaban J connectivity index is 1.67. The first-order chi connectivity index (χ1) is 12.8. The van der Waals surface area contributed by atoms with Crippen LogP contribution < -0.4 is 5.73 Å². The molecule has 7 heteroatoms. The topological polar surface area (TPSA) is 83.7 Å². The summed E-state index contributed by atoms with van der Waals surface area (Å²) in [7, 11) is -3.50. The van der Waals surface area contributed by atoms with E-state index < -0.39 is 16.1 Å². The smallest absolute Gasteiger partial charge is 0.243 e. The number of likely N-dealkylation sites (tertiary alicyclic amines) is 1. The number of nitrogens with zero attached hydrogens (tertiary/aromatic N) is 2. The van der Waals surface area contributed by atoms with E-state index >= 15 is 0 Å². The molecule has 1 unspecified atom stereocenters. The first kappa shape index (κ1) is 20.3. The maximum atomic E-state index is 13.2. The molecule has 0 spiro atoms. The fraction of sp³-hybridized carbons (Fsp3) is 0.650. The Morgan fingerprint density at radius 1 is 1.11 bits per heavy atom. The number of hydrogen-bond donors (Lipinski definition) is 1. The van der Waals surface area contributed by atoms with Gasteiger partial charge in [0.1, 0.15) is 0 Å². The van der Waals surface area contributed by atoms with Crippen molar-refractivity contribution in [1.29, 1.82) is 0 Å². The Bertz CT molecular complexity index is 739. The van der Waals surface area contributed by atoms with Crippen LogP contribution in [0, 0.1) is 5.92 Å². The molecule has 27 heavy (non-hydrogen) atoms. The van der Waals surface area contributed by atoms with Crippen molar-refractivity contribution in [1.82, 2.24) is 9.21 Å². The largest absolute Gasteiger partial charge is 0.341 e. The summed E-state index contributed by atoms with van der Waals surface area (Å²) in [6.07, 6.45) is 3.86. The Morgan fingerprint density at radius 2 is 1.67 bits per heavy atom. The molecule has 1 aliphatic carbocycles. The molecule has 1 amide bonds. The van der Waals surface area contributed by atoms with E-state index in [1.165, 1.54) is 0 Å². The molecule has 1 aromatic carbocycles. The van der Waals surface area contributed by atoms with E-state index in [2.05, 4.69) is 13.8 Å². The van der Waals surface area contributed by atoms with Crippen LogP contribution in [-0.4, -0.2) is 54.7 Å². The average Bonchev–Trinajstić information content (AvgIpc) is 3.46. The van der Waals surface area contributed by atoms with E-state index in [0.29, 0.717) is 43.2 Å². The number of benzene rings is 1. The third-order valence-corrected chi connectivity index (χ3v) is 7.42. The molecule has 0 aromatic heterocycles. The minimum absolute atomic E-state index is 0.00830. The molecular weight excluding hydrogens is 362 g/mol. The van der Waals surface area contributed by atoms with E-state index in [1.54, 1.807) is 28.6 Å². The zero-order valence-electron chi connectivity index (χ0n) is 16.3. The van der Waals surface area contributed by atoms with Gasteiger partial charge in [-0.25, -0.2) is 8.42 Å². The van der Waals surface area contributed by atoms with Crippen LogP contribution in [0.2, 0.25) is 0 Å². The van der Waals surface area contributed by atoms with Crippen molar-refractivity contribution in [3.8, 4) is 0 Å². The van der Waals surface area contributed by atoms with Crippen LogP contribution in [-0.2, 0) is 14.8 Å². The van der Waals surface area contributed by atoms with Gasteiger partial charge in [-0.1, -0.05) is 32.0 Å². The van der Waals surface area contributed by atoms with Gasteiger partial charge in [0.15, 0.2) is 0 Å². The molecule has 150 valence electrons. The fourth-order valence-electron chi connectivity index (χ4n) is 3.92. The second kappa shape index (κ2) is 8.29. The summed E-state index contributed by atoms with van der Waals surface area (Å²) >= 11 is 0. The van der Waals surface area contributed by atoms with Crippen molar-refractivity contribution in [2.24, 2.45) is 11.7 Å². The first-order valence-electron chi connectivity index (χ1n) is 9.93. The van der Waals surface area contributed by atoms with E-state index in [4.69, 9.17) is 5.73 Å². The van der Waals surface area contributed by atoms with E-state index in [0.717, 1.165) is 12.8 Å². The standard InChI is InChI=1S/C20H31N3O3S/c1-15(2)14-19(21)20(24)22-12-10-17(11-13-22)23(16-8-9-16)27(25,26)18-6-4-3-5-7-18/h3-7,15-17,19H,8-14,21H2,1-2H3. The highest BCUT2D eigenvalue weighted by atomic mass is 32.2. The Morgan fingerprint density at radius 3 is 2.19 bits per heavy atom. The molecule has 1 aliphatic heterocycles. The van der Waals surface area contributed by atoms with Gasteiger partial charge < -0.3 is 10.6 Å². The summed E-state index contributed by atoms with van der Waals surface area (Å²) in [5.41, 5.74) is 6.05. The maximum Gasteiger partial charge on any atom is 0.243 e. The summed E-state index contributed by atoms with van der Waals surface area (Å²) in [5.74, 6) is 0.369. The third kappa shape index (κ3) is 4.70. The molecule has 0 radical (unpaired) electrons. The zero-order chi connectivity index (χ0) is 19.6. The second-order valence-corrected chi connectivity index (χ2v) is 10.0. The normalized spacial score (nSPS) is 20.3. The summed E-state index contributed by atoms with van der Waals surface area (Å²) in [6.45, 7) is 5.26. The lowest BCUT2D eigenvalue weighted by Crippen LogP contribution is -2.52. The van der Waals surface area contributed by atoms with Gasteiger partial charge in [-0.15, -0.1) is 0 Å². The fourth-order valence-corrected chi connectivity index (χ4v) is 5.87. The number of amides is 1. The lowest BCUT2D eigenvalue weighted by atomic mass is 10.0. The predicted molar refractivity (Wildman–Crippen MR) is 106 cm³/mol. The van der Waals surface area contributed by atoms with Gasteiger partial charge >= 0.3 is 0 Å². The Hall–Kier alpha value is -1.44. The maximum absolute atomic E-state index is 13.2. The van der Waals surface area contributed by atoms with Gasteiger partial charge in [0.25, 0.3) is 0 Å². The summed E-state index contributed by atoms with van der Waals surface area (Å²) in [5, 5.41) is 0. The highest BCUT2D eigenvalue weighted by Crippen LogP contribution is 2.36. The zero-order valence-corrected chi connectivity index (χ0v) is 17.1. The van der Waals surface area contributed by atoms with Crippen molar-refractivity contribution in [2.45, 2.75) is 69.0 Å². The van der Waals surface area contributed by atoms with E-state index in [9.17, 15) is 13.2 Å². The number of piperidine rings is 1. The molecule has 1 heterocycles. The average molecular weight is 394 g/mol. The monoisotopic (exact) mass is 393 g/mol. The van der Waals surface area contributed by atoms with Crippen LogP contribution in [0.15, 0.2) is 35.2 Å². The number of rotatable bonds is 7. The third-order valence-electron chi connectivity index (χ3n) is 5.40. The van der Waals surface area contributed by atoms with Gasteiger partial charge in [-0.3, -0.25) is 4.79 Å². The van der Waals surface area contributed by atoms with Gasteiger partial charge in [0.2, 0.25) is 15.9 Å². The number of hydrogen-bond acceptors (Lipinski definition) is 4.